The molecule has 138 valence electrons. The van der Waals surface area contributed by atoms with Crippen LogP contribution >= 0.6 is 0 Å². The minimum Gasteiger partial charge on any atom is -0.445 e. The number of hydrogen-bond donors (Lipinski definition) is 0. The highest BCUT2D eigenvalue weighted by Crippen LogP contribution is 2.16. The number of hydrogen-bond acceptors (Lipinski definition) is 4. The molecule has 1 aromatic rings. The first-order chi connectivity index (χ1) is 11.8. The lowest BCUT2D eigenvalue weighted by atomic mass is 10.2. The van der Waals surface area contributed by atoms with E-state index in [1.165, 1.54) is 0 Å². The Bertz CT molecular complexity index is 583. The highest BCUT2D eigenvalue weighted by Gasteiger charge is 2.31. The van der Waals surface area contributed by atoms with E-state index in [-0.39, 0.29) is 24.8 Å². The van der Waals surface area contributed by atoms with Crippen molar-refractivity contribution >= 4 is 12.2 Å². The smallest absolute Gasteiger partial charge is 0.410 e. The largest absolute Gasteiger partial charge is 0.445 e. The van der Waals surface area contributed by atoms with E-state index in [1.807, 2.05) is 58.0 Å². The first kappa shape index (κ1) is 19.1. The van der Waals surface area contributed by atoms with Gasteiger partial charge < -0.3 is 19.3 Å². The summed E-state index contributed by atoms with van der Waals surface area (Å²) in [5, 5.41) is 0. The van der Waals surface area contributed by atoms with Crippen LogP contribution in [0.4, 0.5) is 9.59 Å². The van der Waals surface area contributed by atoms with Crippen molar-refractivity contribution in [1.82, 2.24) is 9.80 Å². The molecule has 0 aliphatic carbocycles. The van der Waals surface area contributed by atoms with Crippen molar-refractivity contribution in [2.45, 2.75) is 52.4 Å². The summed E-state index contributed by atoms with van der Waals surface area (Å²) in [6.07, 6.45) is 0.0190. The quantitative estimate of drug-likeness (QED) is 0.818. The van der Waals surface area contributed by atoms with Gasteiger partial charge in [-0.2, -0.15) is 0 Å². The van der Waals surface area contributed by atoms with Gasteiger partial charge in [0.05, 0.1) is 0 Å². The Morgan fingerprint density at radius 2 is 1.80 bits per heavy atom. The predicted molar refractivity (Wildman–Crippen MR) is 95.2 cm³/mol. The summed E-state index contributed by atoms with van der Waals surface area (Å²) in [5.74, 6) is 0. The first-order valence-corrected chi connectivity index (χ1v) is 8.71. The topological polar surface area (TPSA) is 59.1 Å². The van der Waals surface area contributed by atoms with Crippen molar-refractivity contribution in [3.63, 3.8) is 0 Å². The van der Waals surface area contributed by atoms with Crippen LogP contribution < -0.4 is 0 Å². The van der Waals surface area contributed by atoms with Gasteiger partial charge in [-0.1, -0.05) is 30.3 Å². The molecule has 1 fully saturated rings. The van der Waals surface area contributed by atoms with Crippen LogP contribution in [-0.2, 0) is 16.1 Å². The fraction of sp³-hybridized carbons (Fsp3) is 0.579. The Balaban J connectivity index is 1.90. The van der Waals surface area contributed by atoms with Gasteiger partial charge in [0.15, 0.2) is 0 Å². The molecule has 1 aliphatic heterocycles. The molecule has 0 spiro atoms. The SMILES string of the molecule is C[C@H]1CN(C(=O)OCc2ccccc2)CCCN1C(=O)OC(C)(C)C. The minimum absolute atomic E-state index is 0.123. The van der Waals surface area contributed by atoms with Gasteiger partial charge >= 0.3 is 12.2 Å². The molecule has 6 heteroatoms. The molecule has 0 unspecified atom stereocenters. The van der Waals surface area contributed by atoms with E-state index in [9.17, 15) is 9.59 Å². The lowest BCUT2D eigenvalue weighted by molar-refractivity contribution is 0.0175. The van der Waals surface area contributed by atoms with Crippen molar-refractivity contribution in [3.05, 3.63) is 35.9 Å². The van der Waals surface area contributed by atoms with Gasteiger partial charge in [-0.25, -0.2) is 9.59 Å². The second kappa shape index (κ2) is 8.23. The third kappa shape index (κ3) is 5.96. The standard InChI is InChI=1S/C19H28N2O4/c1-15-13-20(17(22)24-14-16-9-6-5-7-10-16)11-8-12-21(15)18(23)25-19(2,3)4/h5-7,9-10,15H,8,11-14H2,1-4H3/t15-/m0/s1. The van der Waals surface area contributed by atoms with Crippen LogP contribution in [0.5, 0.6) is 0 Å². The molecule has 1 heterocycles. The molecule has 1 aliphatic rings. The van der Waals surface area contributed by atoms with Crippen molar-refractivity contribution in [2.24, 2.45) is 0 Å². The zero-order valence-electron chi connectivity index (χ0n) is 15.5. The predicted octanol–water partition coefficient (Wildman–Crippen LogP) is 3.65. The number of amides is 2. The molecule has 25 heavy (non-hydrogen) atoms. The number of carbonyl (C=O) groups is 2. The van der Waals surface area contributed by atoms with Crippen LogP contribution in [-0.4, -0.2) is 53.3 Å². The summed E-state index contributed by atoms with van der Waals surface area (Å²) in [5.41, 5.74) is 0.423. The molecule has 1 saturated heterocycles. The summed E-state index contributed by atoms with van der Waals surface area (Å²) >= 11 is 0. The Morgan fingerprint density at radius 3 is 2.44 bits per heavy atom. The molecule has 2 rings (SSSR count). The van der Waals surface area contributed by atoms with Gasteiger partial charge in [0.25, 0.3) is 0 Å². The van der Waals surface area contributed by atoms with Gasteiger partial charge in [-0.3, -0.25) is 0 Å². The maximum Gasteiger partial charge on any atom is 0.410 e. The Labute approximate surface area is 149 Å². The third-order valence-corrected chi connectivity index (χ3v) is 3.94. The van der Waals surface area contributed by atoms with Gasteiger partial charge in [0.1, 0.15) is 12.2 Å². The molecule has 2 amide bonds. The minimum atomic E-state index is -0.530. The van der Waals surface area contributed by atoms with E-state index in [0.29, 0.717) is 26.1 Å². The second-order valence-electron chi connectivity index (χ2n) is 7.36. The Morgan fingerprint density at radius 1 is 1.12 bits per heavy atom. The molecule has 0 saturated carbocycles. The number of rotatable bonds is 2. The van der Waals surface area contributed by atoms with Crippen LogP contribution in [0, 0.1) is 0 Å². The number of ether oxygens (including phenoxy) is 2. The lowest BCUT2D eigenvalue weighted by Crippen LogP contribution is -2.45. The average molecular weight is 348 g/mol. The lowest BCUT2D eigenvalue weighted by Gasteiger charge is -2.31. The number of benzene rings is 1. The summed E-state index contributed by atoms with van der Waals surface area (Å²) in [4.78, 5) is 28.0. The summed E-state index contributed by atoms with van der Waals surface area (Å²) in [6, 6.07) is 9.46. The van der Waals surface area contributed by atoms with E-state index < -0.39 is 5.60 Å². The molecule has 0 radical (unpaired) electrons. The van der Waals surface area contributed by atoms with Crippen LogP contribution in [0.1, 0.15) is 39.7 Å². The third-order valence-electron chi connectivity index (χ3n) is 3.94. The molecule has 6 nitrogen and oxygen atoms in total. The van der Waals surface area contributed by atoms with Crippen molar-refractivity contribution in [2.75, 3.05) is 19.6 Å². The van der Waals surface area contributed by atoms with Crippen LogP contribution in [0.3, 0.4) is 0 Å². The van der Waals surface area contributed by atoms with Gasteiger partial charge in [0, 0.05) is 25.7 Å². The summed E-state index contributed by atoms with van der Waals surface area (Å²) in [6.45, 7) is 9.29. The highest BCUT2D eigenvalue weighted by atomic mass is 16.6. The maximum absolute atomic E-state index is 12.3. The van der Waals surface area contributed by atoms with Crippen LogP contribution in [0.15, 0.2) is 30.3 Å². The normalized spacial score (nSPS) is 18.5. The summed E-state index contributed by atoms with van der Waals surface area (Å²) in [7, 11) is 0. The first-order valence-electron chi connectivity index (χ1n) is 8.71. The Kier molecular flexibility index (Phi) is 6.28. The van der Waals surface area contributed by atoms with E-state index in [4.69, 9.17) is 9.47 Å². The molecular weight excluding hydrogens is 320 g/mol. The molecule has 1 aromatic carbocycles. The van der Waals surface area contributed by atoms with Crippen molar-refractivity contribution in [3.8, 4) is 0 Å². The summed E-state index contributed by atoms with van der Waals surface area (Å²) < 4.78 is 10.9. The Hall–Kier alpha value is -2.24. The van der Waals surface area contributed by atoms with Crippen LogP contribution in [0.2, 0.25) is 0 Å². The number of nitrogens with zero attached hydrogens (tertiary/aromatic N) is 2. The van der Waals surface area contributed by atoms with E-state index in [2.05, 4.69) is 0 Å². The van der Waals surface area contributed by atoms with Crippen LogP contribution in [0.25, 0.3) is 0 Å². The van der Waals surface area contributed by atoms with Gasteiger partial charge in [0.2, 0.25) is 0 Å². The molecule has 0 bridgehead atoms. The monoisotopic (exact) mass is 348 g/mol. The molecule has 1 atom stereocenters. The van der Waals surface area contributed by atoms with Gasteiger partial charge in [-0.15, -0.1) is 0 Å². The maximum atomic E-state index is 12.3. The molecular formula is C19H28N2O4. The molecule has 0 aromatic heterocycles. The van der Waals surface area contributed by atoms with Crippen molar-refractivity contribution in [1.29, 1.82) is 0 Å². The fourth-order valence-corrected chi connectivity index (χ4v) is 2.73. The average Bonchev–Trinajstić information content (AvgIpc) is 2.73. The van der Waals surface area contributed by atoms with E-state index in [1.54, 1.807) is 9.80 Å². The zero-order valence-corrected chi connectivity index (χ0v) is 15.5. The second-order valence-corrected chi connectivity index (χ2v) is 7.36. The van der Waals surface area contributed by atoms with Gasteiger partial charge in [-0.05, 0) is 39.7 Å². The molecule has 0 N–H and O–H groups in total. The highest BCUT2D eigenvalue weighted by molar-refractivity contribution is 5.70. The number of carbonyl (C=O) groups excluding carboxylic acids is 2. The van der Waals surface area contributed by atoms with Crippen molar-refractivity contribution < 1.29 is 19.1 Å². The van der Waals surface area contributed by atoms with E-state index >= 15 is 0 Å². The zero-order chi connectivity index (χ0) is 18.4. The van der Waals surface area contributed by atoms with E-state index in [0.717, 1.165) is 5.56 Å². The fourth-order valence-electron chi connectivity index (χ4n) is 2.73.